The molecule has 5 nitrogen and oxygen atoms in total. The number of carbonyl (C=O) groups excluding carboxylic acids is 1. The quantitative estimate of drug-likeness (QED) is 0.788. The van der Waals surface area contributed by atoms with Crippen molar-refractivity contribution in [2.24, 2.45) is 5.14 Å². The van der Waals surface area contributed by atoms with Crippen LogP contribution in [0, 0.1) is 0 Å². The van der Waals surface area contributed by atoms with Crippen molar-refractivity contribution >= 4 is 27.3 Å². The van der Waals surface area contributed by atoms with E-state index in [0.717, 1.165) is 11.3 Å². The smallest absolute Gasteiger partial charge is 0.254 e. The van der Waals surface area contributed by atoms with Crippen LogP contribution in [0.15, 0.2) is 15.7 Å². The summed E-state index contributed by atoms with van der Waals surface area (Å²) in [4.78, 5) is 12.8. The van der Waals surface area contributed by atoms with E-state index in [0.29, 0.717) is 5.56 Å². The van der Waals surface area contributed by atoms with Gasteiger partial charge in [0.15, 0.2) is 0 Å². The van der Waals surface area contributed by atoms with Gasteiger partial charge in [0, 0.05) is 19.5 Å². The van der Waals surface area contributed by atoms with Crippen LogP contribution in [0.3, 0.4) is 0 Å². The summed E-state index contributed by atoms with van der Waals surface area (Å²) in [5, 5.41) is 6.38. The largest absolute Gasteiger partial charge is 0.345 e. The lowest BCUT2D eigenvalue weighted by atomic mass is 10.3. The first-order valence-corrected chi connectivity index (χ1v) is 6.08. The Kier molecular flexibility index (Phi) is 2.93. The summed E-state index contributed by atoms with van der Waals surface area (Å²) in [6.07, 6.45) is 0. The van der Waals surface area contributed by atoms with Crippen LogP contribution in [0.2, 0.25) is 0 Å². The molecule has 78 valence electrons. The van der Waals surface area contributed by atoms with Crippen molar-refractivity contribution in [3.05, 3.63) is 17.0 Å². The van der Waals surface area contributed by atoms with Gasteiger partial charge in [-0.15, -0.1) is 11.3 Å². The molecule has 0 aliphatic rings. The minimum atomic E-state index is -3.69. The van der Waals surface area contributed by atoms with Gasteiger partial charge in [0.25, 0.3) is 5.91 Å². The lowest BCUT2D eigenvalue weighted by Gasteiger charge is -2.07. The standard InChI is InChI=1S/C7H10N2O3S2/c1-9(2)7(10)5-3-6(13-4-5)14(8,11)12/h3-4H,1-2H3,(H2,8,11,12). The first kappa shape index (κ1) is 11.2. The zero-order valence-electron chi connectivity index (χ0n) is 7.72. The number of carbonyl (C=O) groups is 1. The Bertz CT molecular complexity index is 447. The Balaban J connectivity index is 3.07. The van der Waals surface area contributed by atoms with Crippen molar-refractivity contribution in [2.45, 2.75) is 4.21 Å². The van der Waals surface area contributed by atoms with E-state index in [2.05, 4.69) is 0 Å². The molecule has 0 spiro atoms. The SMILES string of the molecule is CN(C)C(=O)c1csc(S(N)(=O)=O)c1. The molecule has 1 heterocycles. The summed E-state index contributed by atoms with van der Waals surface area (Å²) in [6, 6.07) is 1.28. The van der Waals surface area contributed by atoms with Gasteiger partial charge in [0.2, 0.25) is 10.0 Å². The number of nitrogens with two attached hydrogens (primary N) is 1. The van der Waals surface area contributed by atoms with Crippen molar-refractivity contribution in [1.29, 1.82) is 0 Å². The molecule has 1 aromatic rings. The fourth-order valence-electron chi connectivity index (χ4n) is 0.836. The molecular formula is C7H10N2O3S2. The second kappa shape index (κ2) is 3.68. The molecule has 0 saturated heterocycles. The maximum atomic E-state index is 11.4. The molecule has 14 heavy (non-hydrogen) atoms. The van der Waals surface area contributed by atoms with Gasteiger partial charge in [-0.2, -0.15) is 0 Å². The van der Waals surface area contributed by atoms with Crippen molar-refractivity contribution in [1.82, 2.24) is 4.90 Å². The van der Waals surface area contributed by atoms with Crippen LogP contribution >= 0.6 is 11.3 Å². The number of sulfonamides is 1. The van der Waals surface area contributed by atoms with E-state index < -0.39 is 10.0 Å². The number of hydrogen-bond acceptors (Lipinski definition) is 4. The van der Waals surface area contributed by atoms with Gasteiger partial charge < -0.3 is 4.90 Å². The molecule has 1 rings (SSSR count). The summed E-state index contributed by atoms with van der Waals surface area (Å²) < 4.78 is 21.8. The topological polar surface area (TPSA) is 80.5 Å². The van der Waals surface area contributed by atoms with Crippen LogP contribution in [-0.2, 0) is 10.0 Å². The molecule has 1 aromatic heterocycles. The van der Waals surface area contributed by atoms with E-state index >= 15 is 0 Å². The molecular weight excluding hydrogens is 224 g/mol. The lowest BCUT2D eigenvalue weighted by Crippen LogP contribution is -2.21. The first-order valence-electron chi connectivity index (χ1n) is 3.65. The maximum absolute atomic E-state index is 11.4. The molecule has 0 saturated carbocycles. The molecule has 0 aliphatic heterocycles. The monoisotopic (exact) mass is 234 g/mol. The summed E-state index contributed by atoms with van der Waals surface area (Å²) in [5.41, 5.74) is 0.337. The molecule has 0 fully saturated rings. The van der Waals surface area contributed by atoms with Crippen LogP contribution < -0.4 is 5.14 Å². The molecule has 0 radical (unpaired) electrons. The number of amides is 1. The molecule has 0 aliphatic carbocycles. The van der Waals surface area contributed by atoms with Crippen LogP contribution in [0.5, 0.6) is 0 Å². The molecule has 0 unspecified atom stereocenters. The number of hydrogen-bond donors (Lipinski definition) is 1. The van der Waals surface area contributed by atoms with Crippen molar-refractivity contribution in [3.8, 4) is 0 Å². The van der Waals surface area contributed by atoms with E-state index in [9.17, 15) is 13.2 Å². The van der Waals surface area contributed by atoms with Crippen molar-refractivity contribution in [3.63, 3.8) is 0 Å². The molecule has 0 aromatic carbocycles. The number of rotatable bonds is 2. The number of thiophene rings is 1. The van der Waals surface area contributed by atoms with Gasteiger partial charge in [-0.25, -0.2) is 13.6 Å². The Labute approximate surface area is 86.2 Å². The van der Waals surface area contributed by atoms with Crippen LogP contribution in [-0.4, -0.2) is 33.3 Å². The van der Waals surface area contributed by atoms with E-state index in [1.165, 1.54) is 16.3 Å². The molecule has 0 atom stereocenters. The van der Waals surface area contributed by atoms with Gasteiger partial charge in [-0.3, -0.25) is 4.79 Å². The minimum absolute atomic E-state index is 0.00250. The first-order chi connectivity index (χ1) is 6.32. The van der Waals surface area contributed by atoms with Crippen LogP contribution in [0.4, 0.5) is 0 Å². The zero-order chi connectivity index (χ0) is 10.9. The Morgan fingerprint density at radius 2 is 2.07 bits per heavy atom. The predicted molar refractivity (Wildman–Crippen MR) is 53.7 cm³/mol. The summed E-state index contributed by atoms with van der Waals surface area (Å²) >= 11 is 0.942. The van der Waals surface area contributed by atoms with Crippen molar-refractivity contribution < 1.29 is 13.2 Å². The molecule has 1 amide bonds. The third kappa shape index (κ3) is 2.31. The van der Waals surface area contributed by atoms with Gasteiger partial charge in [-0.05, 0) is 6.07 Å². The van der Waals surface area contributed by atoms with E-state index in [4.69, 9.17) is 5.14 Å². The Morgan fingerprint density at radius 3 is 2.43 bits per heavy atom. The predicted octanol–water partition coefficient (Wildman–Crippen LogP) is 0.0973. The van der Waals surface area contributed by atoms with E-state index in [1.807, 2.05) is 0 Å². The number of nitrogens with zero attached hydrogens (tertiary/aromatic N) is 1. The average Bonchev–Trinajstić information content (AvgIpc) is 2.49. The highest BCUT2D eigenvalue weighted by atomic mass is 32.2. The third-order valence-corrected chi connectivity index (χ3v) is 3.90. The Hall–Kier alpha value is -0.920. The lowest BCUT2D eigenvalue weighted by molar-refractivity contribution is 0.0828. The second-order valence-electron chi connectivity index (χ2n) is 2.90. The van der Waals surface area contributed by atoms with E-state index in [1.54, 1.807) is 14.1 Å². The van der Waals surface area contributed by atoms with Crippen LogP contribution in [0.25, 0.3) is 0 Å². The second-order valence-corrected chi connectivity index (χ2v) is 5.60. The average molecular weight is 234 g/mol. The Morgan fingerprint density at radius 1 is 1.50 bits per heavy atom. The van der Waals surface area contributed by atoms with E-state index in [-0.39, 0.29) is 10.1 Å². The van der Waals surface area contributed by atoms with Crippen LogP contribution in [0.1, 0.15) is 10.4 Å². The van der Waals surface area contributed by atoms with Gasteiger partial charge in [0.05, 0.1) is 5.56 Å². The third-order valence-electron chi connectivity index (χ3n) is 1.51. The van der Waals surface area contributed by atoms with Gasteiger partial charge >= 0.3 is 0 Å². The summed E-state index contributed by atoms with van der Waals surface area (Å²) in [6.45, 7) is 0. The van der Waals surface area contributed by atoms with Gasteiger partial charge in [-0.1, -0.05) is 0 Å². The zero-order valence-corrected chi connectivity index (χ0v) is 9.35. The molecule has 2 N–H and O–H groups in total. The van der Waals surface area contributed by atoms with Crippen molar-refractivity contribution in [2.75, 3.05) is 14.1 Å². The number of primary sulfonamides is 1. The normalized spacial score (nSPS) is 11.4. The highest BCUT2D eigenvalue weighted by Gasteiger charge is 2.15. The fraction of sp³-hybridized carbons (Fsp3) is 0.286. The fourth-order valence-corrected chi connectivity index (χ4v) is 2.42. The van der Waals surface area contributed by atoms with Gasteiger partial charge in [0.1, 0.15) is 4.21 Å². The summed E-state index contributed by atoms with van der Waals surface area (Å²) in [5.74, 6) is -0.240. The highest BCUT2D eigenvalue weighted by Crippen LogP contribution is 2.19. The minimum Gasteiger partial charge on any atom is -0.345 e. The molecule has 7 heteroatoms. The maximum Gasteiger partial charge on any atom is 0.254 e. The molecule has 0 bridgehead atoms. The summed E-state index contributed by atoms with van der Waals surface area (Å²) in [7, 11) is -0.506. The highest BCUT2D eigenvalue weighted by molar-refractivity contribution is 7.91.